The monoisotopic (exact) mass is 375 g/mol. The van der Waals surface area contributed by atoms with Crippen molar-refractivity contribution in [2.45, 2.75) is 20.0 Å². The van der Waals surface area contributed by atoms with Crippen LogP contribution in [0.3, 0.4) is 0 Å². The number of anilines is 1. The molecule has 0 fully saturated rings. The Balaban J connectivity index is 1.79. The van der Waals surface area contributed by atoms with Crippen molar-refractivity contribution in [3.63, 3.8) is 0 Å². The lowest BCUT2D eigenvalue weighted by atomic mass is 10.1. The summed E-state index contributed by atoms with van der Waals surface area (Å²) in [4.78, 5) is 35.0. The number of nitrogens with one attached hydrogen (secondary N) is 1. The number of rotatable bonds is 7. The molecule has 0 saturated heterocycles. The summed E-state index contributed by atoms with van der Waals surface area (Å²) in [6.07, 6.45) is -0.984. The standard InChI is InChI=1S/C19H18ClNO5/c1-12(22)14-3-9-17(10-4-14)25-11-18(23)26-13(2)19(24)21-16-7-5-15(20)6-8-16/h3-10,13H,11H2,1-2H3,(H,21,24)/t13-/m0/s1. The van der Waals surface area contributed by atoms with E-state index >= 15 is 0 Å². The van der Waals surface area contributed by atoms with E-state index in [0.717, 1.165) is 0 Å². The lowest BCUT2D eigenvalue weighted by Gasteiger charge is -2.14. The topological polar surface area (TPSA) is 81.7 Å². The van der Waals surface area contributed by atoms with Crippen LogP contribution in [0.4, 0.5) is 5.69 Å². The summed E-state index contributed by atoms with van der Waals surface area (Å²) in [5.74, 6) is -0.785. The van der Waals surface area contributed by atoms with E-state index in [1.54, 1.807) is 48.5 Å². The molecule has 0 aliphatic rings. The molecule has 6 nitrogen and oxygen atoms in total. The molecule has 0 heterocycles. The van der Waals surface area contributed by atoms with Crippen molar-refractivity contribution in [1.82, 2.24) is 0 Å². The lowest BCUT2D eigenvalue weighted by molar-refractivity contribution is -0.155. The number of ether oxygens (including phenoxy) is 2. The molecule has 0 aliphatic carbocycles. The average Bonchev–Trinajstić information content (AvgIpc) is 2.62. The Morgan fingerprint density at radius 2 is 1.65 bits per heavy atom. The van der Waals surface area contributed by atoms with Gasteiger partial charge in [0.05, 0.1) is 0 Å². The van der Waals surface area contributed by atoms with E-state index < -0.39 is 18.0 Å². The quantitative estimate of drug-likeness (QED) is 0.591. The van der Waals surface area contributed by atoms with Gasteiger partial charge >= 0.3 is 5.97 Å². The third kappa shape index (κ3) is 5.89. The second-order valence-corrected chi connectivity index (χ2v) is 5.93. The van der Waals surface area contributed by atoms with E-state index in [1.807, 2.05) is 0 Å². The SMILES string of the molecule is CC(=O)c1ccc(OCC(=O)O[C@@H](C)C(=O)Nc2ccc(Cl)cc2)cc1. The van der Waals surface area contributed by atoms with E-state index in [9.17, 15) is 14.4 Å². The van der Waals surface area contributed by atoms with Crippen LogP contribution >= 0.6 is 11.6 Å². The zero-order valence-corrected chi connectivity index (χ0v) is 15.1. The molecule has 136 valence electrons. The molecule has 1 amide bonds. The molecule has 7 heteroatoms. The summed E-state index contributed by atoms with van der Waals surface area (Å²) < 4.78 is 10.3. The number of esters is 1. The summed E-state index contributed by atoms with van der Waals surface area (Å²) in [7, 11) is 0. The Morgan fingerprint density at radius 1 is 1.04 bits per heavy atom. The molecule has 1 N–H and O–H groups in total. The number of halogens is 1. The van der Waals surface area contributed by atoms with Crippen LogP contribution < -0.4 is 10.1 Å². The second-order valence-electron chi connectivity index (χ2n) is 5.50. The first kappa shape index (κ1) is 19.5. The van der Waals surface area contributed by atoms with Crippen LogP contribution in [0.25, 0.3) is 0 Å². The van der Waals surface area contributed by atoms with Gasteiger partial charge in [-0.05, 0) is 62.4 Å². The van der Waals surface area contributed by atoms with Crippen molar-refractivity contribution in [2.75, 3.05) is 11.9 Å². The van der Waals surface area contributed by atoms with Gasteiger partial charge in [0, 0.05) is 16.3 Å². The highest BCUT2D eigenvalue weighted by molar-refractivity contribution is 6.30. The van der Waals surface area contributed by atoms with Crippen LogP contribution in [-0.4, -0.2) is 30.4 Å². The molecule has 0 aliphatic heterocycles. The largest absolute Gasteiger partial charge is 0.482 e. The van der Waals surface area contributed by atoms with Crippen molar-refractivity contribution in [1.29, 1.82) is 0 Å². The third-order valence-corrected chi connectivity index (χ3v) is 3.66. The van der Waals surface area contributed by atoms with Gasteiger partial charge in [0.25, 0.3) is 5.91 Å². The third-order valence-electron chi connectivity index (χ3n) is 3.41. The van der Waals surface area contributed by atoms with E-state index in [-0.39, 0.29) is 12.4 Å². The Labute approximate surface area is 156 Å². The molecular weight excluding hydrogens is 358 g/mol. The summed E-state index contributed by atoms with van der Waals surface area (Å²) in [6.45, 7) is 2.58. The minimum atomic E-state index is -0.984. The highest BCUT2D eigenvalue weighted by atomic mass is 35.5. The first-order valence-electron chi connectivity index (χ1n) is 7.85. The summed E-state index contributed by atoms with van der Waals surface area (Å²) >= 11 is 5.78. The number of Topliss-reactive ketones (excluding diaryl/α,β-unsaturated/α-hetero) is 1. The Hall–Kier alpha value is -2.86. The Kier molecular flexibility index (Phi) is 6.74. The van der Waals surface area contributed by atoms with Crippen molar-refractivity contribution in [2.24, 2.45) is 0 Å². The lowest BCUT2D eigenvalue weighted by Crippen LogP contribution is -2.31. The van der Waals surface area contributed by atoms with Gasteiger partial charge in [-0.3, -0.25) is 9.59 Å². The van der Waals surface area contributed by atoms with E-state index in [2.05, 4.69) is 5.32 Å². The second kappa shape index (κ2) is 9.01. The molecule has 0 saturated carbocycles. The van der Waals surface area contributed by atoms with Crippen molar-refractivity contribution >= 4 is 34.9 Å². The smallest absolute Gasteiger partial charge is 0.344 e. The van der Waals surface area contributed by atoms with Crippen LogP contribution in [0.1, 0.15) is 24.2 Å². The highest BCUT2D eigenvalue weighted by Crippen LogP contribution is 2.14. The maximum Gasteiger partial charge on any atom is 0.344 e. The van der Waals surface area contributed by atoms with Crippen LogP contribution in [0.15, 0.2) is 48.5 Å². The fourth-order valence-electron chi connectivity index (χ4n) is 1.99. The number of hydrogen-bond acceptors (Lipinski definition) is 5. The molecule has 0 radical (unpaired) electrons. The van der Waals surface area contributed by atoms with Gasteiger partial charge in [-0.1, -0.05) is 11.6 Å². The van der Waals surface area contributed by atoms with Gasteiger partial charge in [0.1, 0.15) is 5.75 Å². The number of carbonyl (C=O) groups is 3. The molecule has 0 spiro atoms. The van der Waals surface area contributed by atoms with Crippen LogP contribution in [0, 0.1) is 0 Å². The minimum Gasteiger partial charge on any atom is -0.482 e. The van der Waals surface area contributed by atoms with E-state index in [0.29, 0.717) is 22.0 Å². The van der Waals surface area contributed by atoms with Gasteiger partial charge in [0.15, 0.2) is 18.5 Å². The van der Waals surface area contributed by atoms with Gasteiger partial charge in [-0.25, -0.2) is 4.79 Å². The maximum absolute atomic E-state index is 12.0. The molecule has 2 rings (SSSR count). The summed E-state index contributed by atoms with van der Waals surface area (Å²) in [5, 5.41) is 3.17. The molecule has 0 aromatic heterocycles. The number of hydrogen-bond donors (Lipinski definition) is 1. The highest BCUT2D eigenvalue weighted by Gasteiger charge is 2.18. The molecular formula is C19H18ClNO5. The summed E-state index contributed by atoms with van der Waals surface area (Å²) in [5.41, 5.74) is 1.09. The van der Waals surface area contributed by atoms with Gasteiger partial charge < -0.3 is 14.8 Å². The Morgan fingerprint density at radius 3 is 2.23 bits per heavy atom. The number of amides is 1. The van der Waals surface area contributed by atoms with E-state index in [1.165, 1.54) is 13.8 Å². The van der Waals surface area contributed by atoms with Gasteiger partial charge in [-0.15, -0.1) is 0 Å². The fourth-order valence-corrected chi connectivity index (χ4v) is 2.12. The normalized spacial score (nSPS) is 11.3. The average molecular weight is 376 g/mol. The maximum atomic E-state index is 12.0. The zero-order chi connectivity index (χ0) is 19.1. The van der Waals surface area contributed by atoms with Crippen molar-refractivity contribution in [3.8, 4) is 5.75 Å². The van der Waals surface area contributed by atoms with Crippen LogP contribution in [0.2, 0.25) is 5.02 Å². The van der Waals surface area contributed by atoms with Crippen molar-refractivity contribution in [3.05, 3.63) is 59.1 Å². The molecule has 0 bridgehead atoms. The molecule has 26 heavy (non-hydrogen) atoms. The van der Waals surface area contributed by atoms with E-state index in [4.69, 9.17) is 21.1 Å². The van der Waals surface area contributed by atoms with Gasteiger partial charge in [0.2, 0.25) is 0 Å². The van der Waals surface area contributed by atoms with Crippen LogP contribution in [0.5, 0.6) is 5.75 Å². The Bertz CT molecular complexity index is 787. The summed E-state index contributed by atoms with van der Waals surface area (Å²) in [6, 6.07) is 12.9. The molecule has 0 unspecified atom stereocenters. The van der Waals surface area contributed by atoms with Crippen LogP contribution in [-0.2, 0) is 14.3 Å². The molecule has 2 aromatic rings. The van der Waals surface area contributed by atoms with Gasteiger partial charge in [-0.2, -0.15) is 0 Å². The first-order valence-corrected chi connectivity index (χ1v) is 8.22. The first-order chi connectivity index (χ1) is 12.3. The van der Waals surface area contributed by atoms with Crippen molar-refractivity contribution < 1.29 is 23.9 Å². The molecule has 1 atom stereocenters. The number of carbonyl (C=O) groups excluding carboxylic acids is 3. The molecule has 2 aromatic carbocycles. The predicted molar refractivity (Wildman–Crippen MR) is 97.6 cm³/mol. The fraction of sp³-hybridized carbons (Fsp3) is 0.211. The predicted octanol–water partition coefficient (Wildman–Crippen LogP) is 3.49. The minimum absolute atomic E-state index is 0.0588. The number of ketones is 1. The zero-order valence-electron chi connectivity index (χ0n) is 14.3. The number of benzene rings is 2.